The largest absolute Gasteiger partial charge is 0.462 e. The summed E-state index contributed by atoms with van der Waals surface area (Å²) in [5.41, 5.74) is 7.68. The second kappa shape index (κ2) is 9.55. The number of aromatic nitrogens is 1. The summed E-state index contributed by atoms with van der Waals surface area (Å²) in [5, 5.41) is 0. The first-order chi connectivity index (χ1) is 16.6. The van der Waals surface area contributed by atoms with Crippen LogP contribution in [0, 0.1) is 27.7 Å². The first-order valence-electron chi connectivity index (χ1n) is 11.5. The van der Waals surface area contributed by atoms with Gasteiger partial charge in [-0.1, -0.05) is 35.9 Å². The van der Waals surface area contributed by atoms with Gasteiger partial charge < -0.3 is 4.74 Å². The lowest BCUT2D eigenvalue weighted by Gasteiger charge is -2.14. The molecular weight excluding hydrogens is 458 g/mol. The summed E-state index contributed by atoms with van der Waals surface area (Å²) in [7, 11) is -3.85. The molecule has 0 radical (unpaired) electrons. The maximum atomic E-state index is 13.8. The van der Waals surface area contributed by atoms with E-state index >= 15 is 0 Å². The van der Waals surface area contributed by atoms with Crippen molar-refractivity contribution < 1.29 is 17.9 Å². The van der Waals surface area contributed by atoms with Crippen molar-refractivity contribution in [3.63, 3.8) is 0 Å². The summed E-state index contributed by atoms with van der Waals surface area (Å²) in [4.78, 5) is 12.3. The third-order valence-corrected chi connectivity index (χ3v) is 7.90. The third kappa shape index (κ3) is 4.80. The van der Waals surface area contributed by atoms with E-state index < -0.39 is 10.0 Å². The van der Waals surface area contributed by atoms with Gasteiger partial charge >= 0.3 is 5.97 Å². The Morgan fingerprint density at radius 2 is 1.43 bits per heavy atom. The molecule has 0 aliphatic carbocycles. The van der Waals surface area contributed by atoms with Crippen LogP contribution in [0.2, 0.25) is 0 Å². The number of rotatable bonds is 6. The minimum Gasteiger partial charge on any atom is -0.462 e. The van der Waals surface area contributed by atoms with Gasteiger partial charge in [0.2, 0.25) is 0 Å². The van der Waals surface area contributed by atoms with Crippen molar-refractivity contribution in [2.24, 2.45) is 0 Å². The summed E-state index contributed by atoms with van der Waals surface area (Å²) in [5.74, 6) is -0.384. The highest BCUT2D eigenvalue weighted by molar-refractivity contribution is 7.90. The Hall–Kier alpha value is -3.64. The lowest BCUT2D eigenvalue weighted by molar-refractivity contribution is 0.0526. The van der Waals surface area contributed by atoms with Gasteiger partial charge in [0.1, 0.15) is 0 Å². The Kier molecular flexibility index (Phi) is 6.68. The van der Waals surface area contributed by atoms with Gasteiger partial charge in [-0.3, -0.25) is 0 Å². The summed E-state index contributed by atoms with van der Waals surface area (Å²) in [6.45, 7) is 10.1. The summed E-state index contributed by atoms with van der Waals surface area (Å²) >= 11 is 0. The molecule has 0 unspecified atom stereocenters. The van der Waals surface area contributed by atoms with E-state index in [4.69, 9.17) is 4.74 Å². The van der Waals surface area contributed by atoms with Gasteiger partial charge in [-0.2, -0.15) is 0 Å². The molecule has 3 aromatic carbocycles. The molecule has 1 heterocycles. The number of hydrogen-bond acceptors (Lipinski definition) is 4. The lowest BCUT2D eigenvalue weighted by atomic mass is 9.98. The van der Waals surface area contributed by atoms with E-state index in [1.807, 2.05) is 39.8 Å². The second-order valence-corrected chi connectivity index (χ2v) is 10.6. The molecule has 0 bridgehead atoms. The van der Waals surface area contributed by atoms with Gasteiger partial charge in [-0.25, -0.2) is 17.2 Å². The Balaban J connectivity index is 1.89. The highest BCUT2D eigenvalue weighted by atomic mass is 32.2. The van der Waals surface area contributed by atoms with Crippen LogP contribution in [0.25, 0.3) is 22.4 Å². The molecule has 0 fully saturated rings. The number of benzene rings is 3. The fourth-order valence-electron chi connectivity index (χ4n) is 4.07. The van der Waals surface area contributed by atoms with Crippen molar-refractivity contribution in [2.45, 2.75) is 39.5 Å². The third-order valence-electron chi connectivity index (χ3n) is 6.21. The van der Waals surface area contributed by atoms with E-state index in [1.165, 1.54) is 3.97 Å². The Morgan fingerprint density at radius 1 is 0.800 bits per heavy atom. The van der Waals surface area contributed by atoms with Crippen LogP contribution in [0.4, 0.5) is 0 Å². The molecule has 0 amide bonds. The first kappa shape index (κ1) is 24.5. The molecule has 4 rings (SSSR count). The lowest BCUT2D eigenvalue weighted by Crippen LogP contribution is -2.13. The van der Waals surface area contributed by atoms with Gasteiger partial charge in [0, 0.05) is 17.3 Å². The van der Waals surface area contributed by atoms with E-state index in [9.17, 15) is 13.2 Å². The van der Waals surface area contributed by atoms with Crippen LogP contribution in [-0.2, 0) is 14.8 Å². The fraction of sp³-hybridized carbons (Fsp3) is 0.207. The first-order valence-corrected chi connectivity index (χ1v) is 13.0. The van der Waals surface area contributed by atoms with Crippen LogP contribution >= 0.6 is 0 Å². The zero-order valence-corrected chi connectivity index (χ0v) is 21.4. The molecule has 0 spiro atoms. The number of hydrogen-bond donors (Lipinski definition) is 0. The van der Waals surface area contributed by atoms with E-state index in [1.54, 1.807) is 61.7 Å². The van der Waals surface area contributed by atoms with Crippen LogP contribution in [0.1, 0.15) is 39.5 Å². The minimum absolute atomic E-state index is 0.227. The summed E-state index contributed by atoms with van der Waals surface area (Å²) in [6, 6.07) is 19.9. The molecule has 35 heavy (non-hydrogen) atoms. The van der Waals surface area contributed by atoms with Crippen LogP contribution in [0.3, 0.4) is 0 Å². The zero-order chi connectivity index (χ0) is 25.3. The molecule has 180 valence electrons. The summed E-state index contributed by atoms with van der Waals surface area (Å²) < 4.78 is 34.0. The van der Waals surface area contributed by atoms with Gasteiger partial charge in [-0.15, -0.1) is 0 Å². The Labute approximate surface area is 207 Å². The van der Waals surface area contributed by atoms with Gasteiger partial charge in [-0.05, 0) is 93.3 Å². The summed E-state index contributed by atoms with van der Waals surface area (Å²) in [6.07, 6.45) is 1.65. The quantitative estimate of drug-likeness (QED) is 0.292. The Morgan fingerprint density at radius 3 is 2.06 bits per heavy atom. The van der Waals surface area contributed by atoms with E-state index in [-0.39, 0.29) is 10.9 Å². The maximum Gasteiger partial charge on any atom is 0.338 e. The monoisotopic (exact) mass is 487 g/mol. The van der Waals surface area contributed by atoms with Gasteiger partial charge in [0.15, 0.2) is 0 Å². The highest BCUT2D eigenvalue weighted by Crippen LogP contribution is 2.34. The molecule has 0 saturated carbocycles. The van der Waals surface area contributed by atoms with Crippen LogP contribution in [0.15, 0.2) is 77.8 Å². The van der Waals surface area contributed by atoms with Gasteiger partial charge in [0.25, 0.3) is 10.0 Å². The number of ether oxygens (including phenoxy) is 1. The number of esters is 1. The van der Waals surface area contributed by atoms with E-state index in [0.29, 0.717) is 17.9 Å². The average Bonchev–Trinajstić information content (AvgIpc) is 3.28. The fourth-order valence-corrected chi connectivity index (χ4v) is 5.44. The van der Waals surface area contributed by atoms with Crippen molar-refractivity contribution in [1.82, 2.24) is 3.97 Å². The highest BCUT2D eigenvalue weighted by Gasteiger charge is 2.23. The van der Waals surface area contributed by atoms with Crippen molar-refractivity contribution in [3.8, 4) is 22.4 Å². The van der Waals surface area contributed by atoms with Crippen LogP contribution in [0.5, 0.6) is 0 Å². The van der Waals surface area contributed by atoms with Crippen molar-refractivity contribution in [1.29, 1.82) is 0 Å². The molecule has 0 atom stereocenters. The minimum atomic E-state index is -3.85. The van der Waals surface area contributed by atoms with Crippen molar-refractivity contribution in [3.05, 3.63) is 101 Å². The van der Waals surface area contributed by atoms with E-state index in [0.717, 1.165) is 38.9 Å². The number of aryl methyl sites for hydroxylation is 4. The molecule has 6 heteroatoms. The van der Waals surface area contributed by atoms with Crippen molar-refractivity contribution in [2.75, 3.05) is 6.61 Å². The Bertz CT molecular complexity index is 1500. The average molecular weight is 488 g/mol. The molecule has 0 aliphatic rings. The predicted molar refractivity (Wildman–Crippen MR) is 139 cm³/mol. The number of carbonyl (C=O) groups is 1. The van der Waals surface area contributed by atoms with Gasteiger partial charge in [0.05, 0.1) is 22.8 Å². The normalized spacial score (nSPS) is 11.5. The zero-order valence-electron chi connectivity index (χ0n) is 20.6. The van der Waals surface area contributed by atoms with Crippen LogP contribution in [-0.4, -0.2) is 25.0 Å². The van der Waals surface area contributed by atoms with Crippen LogP contribution < -0.4 is 0 Å². The number of nitrogens with zero attached hydrogens (tertiary/aromatic N) is 1. The SMILES string of the molecule is CCOC(=O)c1ccc(-c2cc(-c3cc(C)c(C)cc3C)n(S(=O)(=O)c3ccc(C)cc3)c2)cc1. The molecular formula is C29H29NO4S. The second-order valence-electron chi connectivity index (χ2n) is 8.78. The molecule has 4 aromatic rings. The van der Waals surface area contributed by atoms with Crippen molar-refractivity contribution >= 4 is 16.0 Å². The maximum absolute atomic E-state index is 13.8. The van der Waals surface area contributed by atoms with E-state index in [2.05, 4.69) is 6.07 Å². The smallest absolute Gasteiger partial charge is 0.338 e. The molecule has 5 nitrogen and oxygen atoms in total. The molecule has 0 saturated heterocycles. The topological polar surface area (TPSA) is 65.4 Å². The molecule has 1 aromatic heterocycles. The molecule has 0 N–H and O–H groups in total. The predicted octanol–water partition coefficient (Wildman–Crippen LogP) is 6.47. The number of carbonyl (C=O) groups excluding carboxylic acids is 1. The standard InChI is InChI=1S/C29H29NO4S/c1-6-34-29(31)24-11-9-23(10-12-24)25-17-28(27-16-21(4)20(3)15-22(27)5)30(18-25)35(32,33)26-13-7-19(2)8-14-26/h7-18H,6H2,1-5H3. The molecule has 0 aliphatic heterocycles.